The van der Waals surface area contributed by atoms with Crippen molar-refractivity contribution in [3.63, 3.8) is 0 Å². The first-order valence-electron chi connectivity index (χ1n) is 4.69. The number of amides is 3. The lowest BCUT2D eigenvalue weighted by Gasteiger charge is -2.17. The van der Waals surface area contributed by atoms with E-state index >= 15 is 0 Å². The van der Waals surface area contributed by atoms with Gasteiger partial charge >= 0.3 is 6.03 Å². The molecule has 1 heterocycles. The number of hydrogen-bond acceptors (Lipinski definition) is 2. The molecule has 2 rings (SSSR count). The van der Waals surface area contributed by atoms with Crippen molar-refractivity contribution >= 4 is 11.9 Å². The number of urea groups is 1. The van der Waals surface area contributed by atoms with Gasteiger partial charge in [-0.2, -0.15) is 0 Å². The fraction of sp³-hybridized carbons (Fsp3) is 0.182. The summed E-state index contributed by atoms with van der Waals surface area (Å²) in [6.45, 7) is 2.08. The van der Waals surface area contributed by atoms with Crippen molar-refractivity contribution in [3.8, 4) is 0 Å². The van der Waals surface area contributed by atoms with E-state index in [2.05, 4.69) is 5.32 Å². The van der Waals surface area contributed by atoms with E-state index in [4.69, 9.17) is 0 Å². The maximum atomic E-state index is 11.4. The van der Waals surface area contributed by atoms with Crippen LogP contribution >= 0.6 is 0 Å². The lowest BCUT2D eigenvalue weighted by molar-refractivity contribution is -0.117. The van der Waals surface area contributed by atoms with E-state index in [-0.39, 0.29) is 11.9 Å². The largest absolute Gasteiger partial charge is 0.325 e. The third-order valence-corrected chi connectivity index (χ3v) is 2.38. The first-order chi connectivity index (χ1) is 7.18. The SMILES string of the molecule is C[C]1C(=O)NC(=O)N1Cc1ccccc1. The van der Waals surface area contributed by atoms with Crippen molar-refractivity contribution in [1.29, 1.82) is 0 Å². The number of nitrogens with zero attached hydrogens (tertiary/aromatic N) is 1. The van der Waals surface area contributed by atoms with Gasteiger partial charge in [0.2, 0.25) is 0 Å². The van der Waals surface area contributed by atoms with Gasteiger partial charge in [-0.05, 0) is 12.5 Å². The molecule has 4 heteroatoms. The van der Waals surface area contributed by atoms with Crippen molar-refractivity contribution in [3.05, 3.63) is 41.9 Å². The smallest absolute Gasteiger partial charge is 0.303 e. The lowest BCUT2D eigenvalue weighted by atomic mass is 10.2. The van der Waals surface area contributed by atoms with E-state index in [1.165, 1.54) is 4.90 Å². The van der Waals surface area contributed by atoms with Crippen molar-refractivity contribution in [2.75, 3.05) is 0 Å². The van der Waals surface area contributed by atoms with E-state index in [9.17, 15) is 9.59 Å². The minimum absolute atomic E-state index is 0.309. The predicted molar refractivity (Wildman–Crippen MR) is 54.4 cm³/mol. The lowest BCUT2D eigenvalue weighted by Crippen LogP contribution is -2.28. The Hall–Kier alpha value is -1.84. The Kier molecular flexibility index (Phi) is 2.41. The first-order valence-corrected chi connectivity index (χ1v) is 4.69. The Morgan fingerprint density at radius 3 is 2.40 bits per heavy atom. The molecule has 0 unspecified atom stereocenters. The summed E-state index contributed by atoms with van der Waals surface area (Å²) in [5.41, 5.74) is 1.00. The number of carbonyl (C=O) groups excluding carboxylic acids is 2. The summed E-state index contributed by atoms with van der Waals surface area (Å²) in [5.74, 6) is -0.309. The summed E-state index contributed by atoms with van der Waals surface area (Å²) in [7, 11) is 0. The van der Waals surface area contributed by atoms with Crippen LogP contribution in [0.1, 0.15) is 12.5 Å². The van der Waals surface area contributed by atoms with Crippen LogP contribution in [0.4, 0.5) is 4.79 Å². The van der Waals surface area contributed by atoms with Crippen molar-refractivity contribution < 1.29 is 9.59 Å². The molecule has 1 radical (unpaired) electrons. The van der Waals surface area contributed by atoms with E-state index in [1.807, 2.05) is 30.3 Å². The van der Waals surface area contributed by atoms with Crippen LogP contribution in [0, 0.1) is 6.04 Å². The molecule has 0 atom stereocenters. The zero-order valence-electron chi connectivity index (χ0n) is 8.36. The van der Waals surface area contributed by atoms with Crippen LogP contribution < -0.4 is 5.32 Å². The number of hydrogen-bond donors (Lipinski definition) is 1. The maximum Gasteiger partial charge on any atom is 0.325 e. The normalized spacial score (nSPS) is 17.0. The zero-order chi connectivity index (χ0) is 10.8. The minimum atomic E-state index is -0.346. The van der Waals surface area contributed by atoms with E-state index in [1.54, 1.807) is 6.92 Å². The van der Waals surface area contributed by atoms with Gasteiger partial charge in [-0.3, -0.25) is 10.1 Å². The molecular weight excluding hydrogens is 192 g/mol. The standard InChI is InChI=1S/C11H11N2O2/c1-8-10(14)12-11(15)13(8)7-9-5-3-2-4-6-9/h2-6H,7H2,1H3,(H,12,14,15). The molecule has 4 nitrogen and oxygen atoms in total. The molecule has 0 spiro atoms. The summed E-state index contributed by atoms with van der Waals surface area (Å²) >= 11 is 0. The molecule has 1 aromatic rings. The highest BCUT2D eigenvalue weighted by Crippen LogP contribution is 2.18. The molecule has 1 aliphatic rings. The summed E-state index contributed by atoms with van der Waals surface area (Å²) in [5, 5.41) is 2.25. The second kappa shape index (κ2) is 3.73. The van der Waals surface area contributed by atoms with Crippen molar-refractivity contribution in [2.45, 2.75) is 13.5 Å². The molecule has 1 saturated heterocycles. The molecule has 1 fully saturated rings. The van der Waals surface area contributed by atoms with Gasteiger partial charge in [0, 0.05) is 6.54 Å². The van der Waals surface area contributed by atoms with E-state index in [0.29, 0.717) is 12.6 Å². The summed E-state index contributed by atoms with van der Waals surface area (Å²) in [6, 6.07) is 9.66. The van der Waals surface area contributed by atoms with Crippen LogP contribution in [0.5, 0.6) is 0 Å². The fourth-order valence-electron chi connectivity index (χ4n) is 1.49. The Balaban J connectivity index is 2.13. The second-order valence-electron chi connectivity index (χ2n) is 3.42. The molecule has 3 amide bonds. The van der Waals surface area contributed by atoms with Gasteiger partial charge in [-0.1, -0.05) is 30.3 Å². The van der Waals surface area contributed by atoms with Crippen LogP contribution in [-0.2, 0) is 11.3 Å². The first kappa shape index (κ1) is 9.71. The third-order valence-electron chi connectivity index (χ3n) is 2.38. The predicted octanol–water partition coefficient (Wildman–Crippen LogP) is 1.29. The molecule has 1 aliphatic heterocycles. The Morgan fingerprint density at radius 2 is 1.87 bits per heavy atom. The molecule has 0 aromatic heterocycles. The van der Waals surface area contributed by atoms with Gasteiger partial charge in [-0.15, -0.1) is 0 Å². The second-order valence-corrected chi connectivity index (χ2v) is 3.42. The molecule has 1 N–H and O–H groups in total. The summed E-state index contributed by atoms with van der Waals surface area (Å²) < 4.78 is 0. The van der Waals surface area contributed by atoms with Gasteiger partial charge in [0.05, 0.1) is 0 Å². The maximum absolute atomic E-state index is 11.4. The van der Waals surface area contributed by atoms with Crippen LogP contribution in [0.15, 0.2) is 30.3 Å². The van der Waals surface area contributed by atoms with Crippen LogP contribution in [-0.4, -0.2) is 16.8 Å². The fourth-order valence-corrected chi connectivity index (χ4v) is 1.49. The highest BCUT2D eigenvalue weighted by molar-refractivity contribution is 6.08. The summed E-state index contributed by atoms with van der Waals surface area (Å²) in [6.07, 6.45) is 0. The minimum Gasteiger partial charge on any atom is -0.303 e. The Bertz CT molecular complexity index is 389. The van der Waals surface area contributed by atoms with Gasteiger partial charge < -0.3 is 4.90 Å². The van der Waals surface area contributed by atoms with Gasteiger partial charge in [0.15, 0.2) is 6.04 Å². The summed E-state index contributed by atoms with van der Waals surface area (Å²) in [4.78, 5) is 24.0. The molecule has 0 bridgehead atoms. The zero-order valence-corrected chi connectivity index (χ0v) is 8.36. The molecule has 0 saturated carbocycles. The van der Waals surface area contributed by atoms with E-state index in [0.717, 1.165) is 5.56 Å². The highest BCUT2D eigenvalue weighted by atomic mass is 16.2. The van der Waals surface area contributed by atoms with Gasteiger partial charge in [0.1, 0.15) is 0 Å². The van der Waals surface area contributed by atoms with Gasteiger partial charge in [0.25, 0.3) is 5.91 Å². The van der Waals surface area contributed by atoms with Crippen LogP contribution in [0.2, 0.25) is 0 Å². The molecule has 1 aromatic carbocycles. The van der Waals surface area contributed by atoms with Crippen LogP contribution in [0.25, 0.3) is 0 Å². The molecule has 0 aliphatic carbocycles. The molecule has 15 heavy (non-hydrogen) atoms. The van der Waals surface area contributed by atoms with Gasteiger partial charge in [-0.25, -0.2) is 4.79 Å². The van der Waals surface area contributed by atoms with Crippen molar-refractivity contribution in [1.82, 2.24) is 10.2 Å². The van der Waals surface area contributed by atoms with E-state index < -0.39 is 0 Å². The number of carbonyl (C=O) groups is 2. The highest BCUT2D eigenvalue weighted by Gasteiger charge is 2.35. The average molecular weight is 203 g/mol. The molecule has 77 valence electrons. The number of nitrogens with one attached hydrogen (secondary N) is 1. The Morgan fingerprint density at radius 1 is 1.20 bits per heavy atom. The Labute approximate surface area is 87.9 Å². The third kappa shape index (κ3) is 1.83. The van der Waals surface area contributed by atoms with Crippen molar-refractivity contribution in [2.24, 2.45) is 0 Å². The topological polar surface area (TPSA) is 49.4 Å². The quantitative estimate of drug-likeness (QED) is 0.736. The number of benzene rings is 1. The number of imide groups is 1. The van der Waals surface area contributed by atoms with Crippen LogP contribution in [0.3, 0.4) is 0 Å². The molecular formula is C11H11N2O2. The number of rotatable bonds is 2. The average Bonchev–Trinajstić information content (AvgIpc) is 2.47. The monoisotopic (exact) mass is 203 g/mol.